The zero-order valence-corrected chi connectivity index (χ0v) is 13.4. The second kappa shape index (κ2) is 6.45. The van der Waals surface area contributed by atoms with Gasteiger partial charge < -0.3 is 10.1 Å². The fourth-order valence-corrected chi connectivity index (χ4v) is 2.96. The molecule has 5 heteroatoms. The number of benzene rings is 2. The summed E-state index contributed by atoms with van der Waals surface area (Å²) in [6, 6.07) is 12.6. The van der Waals surface area contributed by atoms with Crippen LogP contribution < -0.4 is 0 Å². The van der Waals surface area contributed by atoms with Crippen molar-refractivity contribution in [3.8, 4) is 22.4 Å². The molecule has 2 N–H and O–H groups in total. The molecule has 2 aromatic heterocycles. The lowest BCUT2D eigenvalue weighted by molar-refractivity contribution is 0.298. The van der Waals surface area contributed by atoms with E-state index in [0.717, 1.165) is 33.4 Å². The van der Waals surface area contributed by atoms with Gasteiger partial charge in [-0.1, -0.05) is 24.3 Å². The zero-order chi connectivity index (χ0) is 17.2. The minimum absolute atomic E-state index is 0.0341. The highest BCUT2D eigenvalue weighted by atomic mass is 19.1. The molecule has 0 saturated carbocycles. The highest BCUT2D eigenvalue weighted by molar-refractivity contribution is 5.97. The van der Waals surface area contributed by atoms with Gasteiger partial charge in [-0.25, -0.2) is 9.37 Å². The van der Waals surface area contributed by atoms with Gasteiger partial charge in [0.05, 0.1) is 17.6 Å². The van der Waals surface area contributed by atoms with Gasteiger partial charge in [-0.3, -0.25) is 4.98 Å². The second-order valence-electron chi connectivity index (χ2n) is 5.81. The minimum atomic E-state index is -0.251. The van der Waals surface area contributed by atoms with E-state index >= 15 is 0 Å². The number of H-pyrrole nitrogens is 1. The lowest BCUT2D eigenvalue weighted by Gasteiger charge is -2.05. The fourth-order valence-electron chi connectivity index (χ4n) is 2.96. The third-order valence-electron chi connectivity index (χ3n) is 4.19. The topological polar surface area (TPSA) is 61.8 Å². The van der Waals surface area contributed by atoms with Crippen molar-refractivity contribution in [3.05, 3.63) is 72.6 Å². The normalized spacial score (nSPS) is 11.1. The molecule has 0 aliphatic heterocycles. The van der Waals surface area contributed by atoms with Crippen LogP contribution in [0.3, 0.4) is 0 Å². The van der Waals surface area contributed by atoms with Gasteiger partial charge in [-0.05, 0) is 18.2 Å². The molecule has 25 heavy (non-hydrogen) atoms. The summed E-state index contributed by atoms with van der Waals surface area (Å²) in [6.45, 7) is 0.0341. The van der Waals surface area contributed by atoms with Crippen LogP contribution in [0.1, 0.15) is 5.69 Å². The molecule has 4 nitrogen and oxygen atoms in total. The maximum absolute atomic E-state index is 14.2. The van der Waals surface area contributed by atoms with E-state index in [2.05, 4.69) is 15.0 Å². The second-order valence-corrected chi connectivity index (χ2v) is 5.81. The first-order chi connectivity index (χ1) is 12.3. The molecule has 0 spiro atoms. The summed E-state index contributed by atoms with van der Waals surface area (Å²) in [4.78, 5) is 11.9. The number of aliphatic hydroxyl groups excluding tert-OH is 1. The van der Waals surface area contributed by atoms with Gasteiger partial charge in [0.25, 0.3) is 0 Å². The maximum Gasteiger partial charge on any atom is 0.131 e. The van der Waals surface area contributed by atoms with E-state index in [1.165, 1.54) is 6.07 Å². The quantitative estimate of drug-likeness (QED) is 0.594. The summed E-state index contributed by atoms with van der Waals surface area (Å²) in [7, 11) is 0. The van der Waals surface area contributed by atoms with Gasteiger partial charge >= 0.3 is 0 Å². The van der Waals surface area contributed by atoms with E-state index in [1.807, 2.05) is 30.5 Å². The molecule has 0 aliphatic rings. The standard InChI is InChI=1S/C20H16FN3O/c21-18-4-2-1-3-15(18)17-11-23-19-6-5-13(9-16(17)19)20-12-22-10-14(24-20)7-8-25/h1-6,9-12,23,25H,7-8H2. The predicted octanol–water partition coefficient (Wildman–Crippen LogP) is 3.97. The van der Waals surface area contributed by atoms with Crippen molar-refractivity contribution in [2.24, 2.45) is 0 Å². The van der Waals surface area contributed by atoms with Crippen molar-refractivity contribution in [1.29, 1.82) is 0 Å². The smallest absolute Gasteiger partial charge is 0.131 e. The zero-order valence-electron chi connectivity index (χ0n) is 13.4. The van der Waals surface area contributed by atoms with Crippen LogP contribution in [0.4, 0.5) is 4.39 Å². The molecule has 0 radical (unpaired) electrons. The van der Waals surface area contributed by atoms with Gasteiger partial charge in [0.1, 0.15) is 5.82 Å². The number of aromatic nitrogens is 3. The summed E-state index contributed by atoms with van der Waals surface area (Å²) in [5.74, 6) is -0.251. The van der Waals surface area contributed by atoms with Crippen molar-refractivity contribution in [1.82, 2.24) is 15.0 Å². The molecule has 0 amide bonds. The number of halogens is 1. The van der Waals surface area contributed by atoms with Crippen LogP contribution in [0.5, 0.6) is 0 Å². The van der Waals surface area contributed by atoms with E-state index < -0.39 is 0 Å². The van der Waals surface area contributed by atoms with Crippen molar-refractivity contribution in [2.45, 2.75) is 6.42 Å². The van der Waals surface area contributed by atoms with Crippen molar-refractivity contribution < 1.29 is 9.50 Å². The largest absolute Gasteiger partial charge is 0.396 e. The van der Waals surface area contributed by atoms with Crippen LogP contribution in [0, 0.1) is 5.82 Å². The molecule has 0 bridgehead atoms. The van der Waals surface area contributed by atoms with Crippen LogP contribution in [-0.4, -0.2) is 26.7 Å². The third-order valence-corrected chi connectivity index (χ3v) is 4.19. The average Bonchev–Trinajstić information content (AvgIpc) is 3.06. The van der Waals surface area contributed by atoms with Crippen LogP contribution >= 0.6 is 0 Å². The number of hydrogen-bond donors (Lipinski definition) is 2. The Kier molecular flexibility index (Phi) is 3.99. The Balaban J connectivity index is 1.84. The summed E-state index contributed by atoms with van der Waals surface area (Å²) >= 11 is 0. The third kappa shape index (κ3) is 2.90. The number of aromatic amines is 1. The molecular weight excluding hydrogens is 317 g/mol. The lowest BCUT2D eigenvalue weighted by atomic mass is 10.0. The Morgan fingerprint density at radius 3 is 2.76 bits per heavy atom. The predicted molar refractivity (Wildman–Crippen MR) is 95.5 cm³/mol. The van der Waals surface area contributed by atoms with Crippen molar-refractivity contribution in [3.63, 3.8) is 0 Å². The summed E-state index contributed by atoms with van der Waals surface area (Å²) in [5, 5.41) is 10.0. The fraction of sp³-hybridized carbons (Fsp3) is 0.100. The van der Waals surface area contributed by atoms with Crippen LogP contribution in [0.15, 0.2) is 61.1 Å². The number of hydrogen-bond acceptors (Lipinski definition) is 3. The molecule has 0 unspecified atom stereocenters. The van der Waals surface area contributed by atoms with Gasteiger partial charge in [-0.15, -0.1) is 0 Å². The Hall–Kier alpha value is -3.05. The number of nitrogens with zero attached hydrogens (tertiary/aromatic N) is 2. The van der Waals surface area contributed by atoms with E-state index in [4.69, 9.17) is 5.11 Å². The van der Waals surface area contributed by atoms with Crippen molar-refractivity contribution in [2.75, 3.05) is 6.61 Å². The number of fused-ring (bicyclic) bond motifs is 1. The summed E-state index contributed by atoms with van der Waals surface area (Å²) in [5.41, 5.74) is 4.68. The van der Waals surface area contributed by atoms with E-state index in [-0.39, 0.29) is 12.4 Å². The highest BCUT2D eigenvalue weighted by Gasteiger charge is 2.12. The molecule has 2 heterocycles. The molecule has 0 saturated heterocycles. The number of rotatable bonds is 4. The molecule has 0 fully saturated rings. The maximum atomic E-state index is 14.2. The Bertz CT molecular complexity index is 1040. The molecule has 0 aliphatic carbocycles. The number of nitrogens with one attached hydrogen (secondary N) is 1. The van der Waals surface area contributed by atoms with Gasteiger partial charge in [0.2, 0.25) is 0 Å². The first-order valence-corrected chi connectivity index (χ1v) is 8.04. The van der Waals surface area contributed by atoms with Gasteiger partial charge in [0, 0.05) is 53.0 Å². The van der Waals surface area contributed by atoms with Gasteiger partial charge in [0.15, 0.2) is 0 Å². The molecule has 2 aromatic carbocycles. The van der Waals surface area contributed by atoms with E-state index in [0.29, 0.717) is 12.0 Å². The first kappa shape index (κ1) is 15.5. The Labute approximate surface area is 144 Å². The minimum Gasteiger partial charge on any atom is -0.396 e. The molecule has 4 aromatic rings. The van der Waals surface area contributed by atoms with Crippen LogP contribution in [0.25, 0.3) is 33.3 Å². The van der Waals surface area contributed by atoms with Crippen LogP contribution in [0.2, 0.25) is 0 Å². The lowest BCUT2D eigenvalue weighted by Crippen LogP contribution is -1.97. The number of aliphatic hydroxyl groups is 1. The SMILES string of the molecule is OCCc1cncc(-c2ccc3[nH]cc(-c4ccccc4F)c3c2)n1. The van der Waals surface area contributed by atoms with Crippen LogP contribution in [-0.2, 0) is 6.42 Å². The molecular formula is C20H16FN3O. The van der Waals surface area contributed by atoms with E-state index in [1.54, 1.807) is 24.5 Å². The van der Waals surface area contributed by atoms with E-state index in [9.17, 15) is 4.39 Å². The molecule has 124 valence electrons. The molecule has 4 rings (SSSR count). The molecule has 0 atom stereocenters. The highest BCUT2D eigenvalue weighted by Crippen LogP contribution is 2.32. The Morgan fingerprint density at radius 1 is 1.04 bits per heavy atom. The summed E-state index contributed by atoms with van der Waals surface area (Å²) in [6.07, 6.45) is 5.63. The first-order valence-electron chi connectivity index (χ1n) is 8.04. The monoisotopic (exact) mass is 333 g/mol. The van der Waals surface area contributed by atoms with Crippen molar-refractivity contribution >= 4 is 10.9 Å². The Morgan fingerprint density at radius 2 is 1.92 bits per heavy atom. The van der Waals surface area contributed by atoms with Gasteiger partial charge in [-0.2, -0.15) is 0 Å². The summed E-state index contributed by atoms with van der Waals surface area (Å²) < 4.78 is 14.2. The average molecular weight is 333 g/mol.